The van der Waals surface area contributed by atoms with E-state index in [9.17, 15) is 12.8 Å². The van der Waals surface area contributed by atoms with E-state index in [1.807, 2.05) is 12.1 Å². The Kier molecular flexibility index (Phi) is 5.66. The molecule has 0 aliphatic rings. The fourth-order valence-corrected chi connectivity index (χ4v) is 4.50. The van der Waals surface area contributed by atoms with Crippen LogP contribution in [0.4, 0.5) is 21.0 Å². The zero-order valence-electron chi connectivity index (χ0n) is 15.2. The molecular weight excluding hydrogens is 451 g/mol. The van der Waals surface area contributed by atoms with Gasteiger partial charge in [0, 0.05) is 23.0 Å². The van der Waals surface area contributed by atoms with Crippen molar-refractivity contribution in [3.63, 3.8) is 0 Å². The summed E-state index contributed by atoms with van der Waals surface area (Å²) in [5.41, 5.74) is 2.75. The van der Waals surface area contributed by atoms with E-state index in [2.05, 4.69) is 25.3 Å². The Morgan fingerprint density at radius 3 is 2.63 bits per heavy atom. The molecular formula is C18H14ClFN6O2S2. The normalized spacial score (nSPS) is 11.4. The lowest BCUT2D eigenvalue weighted by molar-refractivity contribution is 0.570. The molecule has 2 aromatic carbocycles. The number of nitrogens with zero attached hydrogens (tertiary/aromatic N) is 4. The highest BCUT2D eigenvalue weighted by molar-refractivity contribution is 7.93. The minimum Gasteiger partial charge on any atom is -0.339 e. The maximum atomic E-state index is 14.5. The maximum absolute atomic E-state index is 14.5. The van der Waals surface area contributed by atoms with E-state index in [0.717, 1.165) is 23.0 Å². The molecule has 4 rings (SSSR count). The Bertz CT molecular complexity index is 1260. The molecule has 30 heavy (non-hydrogen) atoms. The van der Waals surface area contributed by atoms with Crippen LogP contribution in [0, 0.1) is 5.82 Å². The lowest BCUT2D eigenvalue weighted by Gasteiger charge is -2.08. The predicted molar refractivity (Wildman–Crippen MR) is 113 cm³/mol. The molecule has 12 heteroatoms. The van der Waals surface area contributed by atoms with Crippen LogP contribution < -0.4 is 10.0 Å². The Balaban J connectivity index is 1.46. The lowest BCUT2D eigenvalue weighted by Crippen LogP contribution is -2.14. The van der Waals surface area contributed by atoms with E-state index in [-0.39, 0.29) is 5.13 Å². The molecule has 0 saturated carbocycles. The van der Waals surface area contributed by atoms with Gasteiger partial charge in [-0.1, -0.05) is 35.1 Å². The van der Waals surface area contributed by atoms with E-state index >= 15 is 0 Å². The van der Waals surface area contributed by atoms with Gasteiger partial charge in [-0.15, -0.1) is 10.2 Å². The second-order valence-corrected chi connectivity index (χ2v) is 9.07. The summed E-state index contributed by atoms with van der Waals surface area (Å²) in [6.07, 6.45) is 1.78. The maximum Gasteiger partial charge on any atom is 0.266 e. The van der Waals surface area contributed by atoms with Crippen molar-refractivity contribution in [3.05, 3.63) is 76.6 Å². The number of hydrogen-bond acceptors (Lipinski definition) is 7. The number of rotatable bonds is 7. The van der Waals surface area contributed by atoms with Crippen molar-refractivity contribution in [2.24, 2.45) is 0 Å². The molecule has 2 N–H and O–H groups in total. The second-order valence-electron chi connectivity index (χ2n) is 6.14. The average molecular weight is 465 g/mol. The quantitative estimate of drug-likeness (QED) is 0.426. The number of nitrogens with one attached hydrogen (secondary N) is 2. The summed E-state index contributed by atoms with van der Waals surface area (Å²) in [6, 6.07) is 12.9. The number of aromatic nitrogens is 4. The molecule has 2 heterocycles. The van der Waals surface area contributed by atoms with Crippen LogP contribution in [0.15, 0.2) is 65.1 Å². The van der Waals surface area contributed by atoms with Crippen LogP contribution in [-0.4, -0.2) is 28.4 Å². The van der Waals surface area contributed by atoms with Crippen molar-refractivity contribution >= 4 is 49.6 Å². The van der Waals surface area contributed by atoms with Crippen molar-refractivity contribution in [2.75, 3.05) is 10.0 Å². The summed E-state index contributed by atoms with van der Waals surface area (Å²) in [4.78, 5) is -0.489. The first kappa shape index (κ1) is 20.3. The van der Waals surface area contributed by atoms with E-state index < -0.39 is 20.7 Å². The van der Waals surface area contributed by atoms with E-state index in [0.29, 0.717) is 23.1 Å². The summed E-state index contributed by atoms with van der Waals surface area (Å²) in [7, 11) is -4.11. The highest BCUT2D eigenvalue weighted by atomic mass is 35.5. The molecule has 0 fully saturated rings. The Labute approximate surface area is 180 Å². The third kappa shape index (κ3) is 4.75. The van der Waals surface area contributed by atoms with Crippen LogP contribution in [0.2, 0.25) is 5.02 Å². The zero-order valence-corrected chi connectivity index (χ0v) is 17.5. The highest BCUT2D eigenvalue weighted by Crippen LogP contribution is 2.24. The van der Waals surface area contributed by atoms with Gasteiger partial charge in [0.15, 0.2) is 5.82 Å². The Hall–Kier alpha value is -3.02. The molecule has 0 aliphatic heterocycles. The van der Waals surface area contributed by atoms with Gasteiger partial charge in [-0.05, 0) is 35.9 Å². The van der Waals surface area contributed by atoms with Crippen LogP contribution >= 0.6 is 22.9 Å². The summed E-state index contributed by atoms with van der Waals surface area (Å²) in [6.45, 7) is 0.543. The van der Waals surface area contributed by atoms with Crippen molar-refractivity contribution in [2.45, 2.75) is 11.4 Å². The fourth-order valence-electron chi connectivity index (χ4n) is 2.63. The minimum absolute atomic E-state index is 0.0582. The molecule has 0 saturated heterocycles. The molecule has 154 valence electrons. The van der Waals surface area contributed by atoms with Crippen molar-refractivity contribution in [1.29, 1.82) is 0 Å². The highest BCUT2D eigenvalue weighted by Gasteiger charge is 2.21. The number of hydrogen-bond donors (Lipinski definition) is 2. The topological polar surface area (TPSA) is 102 Å². The first-order valence-electron chi connectivity index (χ1n) is 8.52. The molecule has 0 radical (unpaired) electrons. The third-order valence-corrected chi connectivity index (χ3v) is 6.33. The summed E-state index contributed by atoms with van der Waals surface area (Å²) in [5.74, 6) is -0.413. The van der Waals surface area contributed by atoms with Gasteiger partial charge >= 0.3 is 0 Å². The van der Waals surface area contributed by atoms with Crippen LogP contribution in [0.3, 0.4) is 0 Å². The van der Waals surface area contributed by atoms with Crippen molar-refractivity contribution in [3.8, 4) is 0 Å². The molecule has 0 aliphatic carbocycles. The number of sulfonamides is 1. The van der Waals surface area contributed by atoms with Gasteiger partial charge in [0.25, 0.3) is 10.0 Å². The SMILES string of the molecule is O=S(=O)(Nc1nncs1)c1ccc(Nc2ccn(Cc3ccc(Cl)cc3)n2)cc1F. The first-order valence-corrected chi connectivity index (χ1v) is 11.3. The average Bonchev–Trinajstić information content (AvgIpc) is 3.35. The first-order chi connectivity index (χ1) is 14.4. The second kappa shape index (κ2) is 8.38. The smallest absolute Gasteiger partial charge is 0.266 e. The molecule has 0 amide bonds. The lowest BCUT2D eigenvalue weighted by atomic mass is 10.2. The molecule has 0 bridgehead atoms. The third-order valence-electron chi connectivity index (χ3n) is 3.97. The van der Waals surface area contributed by atoms with Gasteiger partial charge in [-0.25, -0.2) is 12.8 Å². The fraction of sp³-hybridized carbons (Fsp3) is 0.0556. The molecule has 2 aromatic heterocycles. The van der Waals surface area contributed by atoms with Gasteiger partial charge in [0.05, 0.1) is 6.54 Å². The zero-order chi connectivity index (χ0) is 21.1. The Morgan fingerprint density at radius 2 is 1.93 bits per heavy atom. The predicted octanol–water partition coefficient (Wildman–Crippen LogP) is 4.12. The van der Waals surface area contributed by atoms with Gasteiger partial charge in [0.2, 0.25) is 5.13 Å². The Morgan fingerprint density at radius 1 is 1.13 bits per heavy atom. The van der Waals surface area contributed by atoms with Crippen LogP contribution in [-0.2, 0) is 16.6 Å². The van der Waals surface area contributed by atoms with E-state index in [1.165, 1.54) is 17.6 Å². The van der Waals surface area contributed by atoms with Crippen LogP contribution in [0.1, 0.15) is 5.56 Å². The summed E-state index contributed by atoms with van der Waals surface area (Å²) < 4.78 is 43.0. The molecule has 0 atom stereocenters. The molecule has 8 nitrogen and oxygen atoms in total. The molecule has 4 aromatic rings. The largest absolute Gasteiger partial charge is 0.339 e. The van der Waals surface area contributed by atoms with Gasteiger partial charge in [0.1, 0.15) is 16.2 Å². The summed E-state index contributed by atoms with van der Waals surface area (Å²) in [5, 5.41) is 15.2. The number of benzene rings is 2. The summed E-state index contributed by atoms with van der Waals surface area (Å²) >= 11 is 6.88. The van der Waals surface area contributed by atoms with E-state index in [1.54, 1.807) is 29.1 Å². The van der Waals surface area contributed by atoms with Gasteiger partial charge < -0.3 is 5.32 Å². The monoisotopic (exact) mass is 464 g/mol. The molecule has 0 spiro atoms. The number of halogens is 2. The van der Waals surface area contributed by atoms with Gasteiger partial charge in [-0.3, -0.25) is 9.40 Å². The molecule has 0 unspecified atom stereocenters. The van der Waals surface area contributed by atoms with Crippen LogP contribution in [0.25, 0.3) is 0 Å². The number of anilines is 3. The van der Waals surface area contributed by atoms with Crippen LogP contribution in [0.5, 0.6) is 0 Å². The standard InChI is InChI=1S/C18H14ClFN6O2S2/c19-13-3-1-12(2-4-13)10-26-8-7-17(24-26)22-14-5-6-16(15(20)9-14)30(27,28)25-18-23-21-11-29-18/h1-9,11H,10H2,(H,22,24)(H,23,25). The van der Waals surface area contributed by atoms with Crippen molar-refractivity contribution < 1.29 is 12.8 Å². The van der Waals surface area contributed by atoms with Gasteiger partial charge in [-0.2, -0.15) is 5.10 Å². The van der Waals surface area contributed by atoms with E-state index in [4.69, 9.17) is 11.6 Å². The van der Waals surface area contributed by atoms with Crippen molar-refractivity contribution in [1.82, 2.24) is 20.0 Å². The minimum atomic E-state index is -4.11.